The number of nitrogens with one attached hydrogen (secondary N) is 1. The molecule has 1 rings (SSSR count). The van der Waals surface area contributed by atoms with Crippen molar-refractivity contribution in [2.75, 3.05) is 7.11 Å². The van der Waals surface area contributed by atoms with E-state index in [9.17, 15) is 5.11 Å². The first-order valence-corrected chi connectivity index (χ1v) is 6.76. The Morgan fingerprint density at radius 2 is 1.89 bits per heavy atom. The molecule has 0 aromatic heterocycles. The molecule has 0 saturated carbocycles. The van der Waals surface area contributed by atoms with Gasteiger partial charge in [-0.2, -0.15) is 0 Å². The SMILES string of the molecule is COc1ccc(Br)cc1CNC(C)(C)C(C)(C)O. The van der Waals surface area contributed by atoms with Gasteiger partial charge in [-0.15, -0.1) is 0 Å². The van der Waals surface area contributed by atoms with E-state index in [1.54, 1.807) is 21.0 Å². The highest BCUT2D eigenvalue weighted by atomic mass is 79.9. The summed E-state index contributed by atoms with van der Waals surface area (Å²) in [6.07, 6.45) is 0. The fourth-order valence-electron chi connectivity index (χ4n) is 1.42. The van der Waals surface area contributed by atoms with Crippen LogP contribution in [0.15, 0.2) is 22.7 Å². The minimum absolute atomic E-state index is 0.389. The van der Waals surface area contributed by atoms with E-state index < -0.39 is 5.60 Å². The molecule has 3 nitrogen and oxygen atoms in total. The van der Waals surface area contributed by atoms with E-state index >= 15 is 0 Å². The molecule has 0 amide bonds. The highest BCUT2D eigenvalue weighted by Gasteiger charge is 2.34. The Morgan fingerprint density at radius 3 is 2.39 bits per heavy atom. The second-order valence-electron chi connectivity index (χ2n) is 5.49. The summed E-state index contributed by atoms with van der Waals surface area (Å²) < 4.78 is 6.34. The van der Waals surface area contributed by atoms with Gasteiger partial charge in [-0.05, 0) is 45.9 Å². The van der Waals surface area contributed by atoms with Crippen LogP contribution in [0.3, 0.4) is 0 Å². The van der Waals surface area contributed by atoms with Crippen LogP contribution in [0.25, 0.3) is 0 Å². The Labute approximate surface area is 118 Å². The lowest BCUT2D eigenvalue weighted by molar-refractivity contribution is -0.00539. The zero-order valence-electron chi connectivity index (χ0n) is 11.7. The quantitative estimate of drug-likeness (QED) is 0.877. The van der Waals surface area contributed by atoms with Gasteiger partial charge in [-0.1, -0.05) is 15.9 Å². The van der Waals surface area contributed by atoms with E-state index in [2.05, 4.69) is 21.2 Å². The van der Waals surface area contributed by atoms with Gasteiger partial charge < -0.3 is 15.2 Å². The van der Waals surface area contributed by atoms with Crippen LogP contribution in [0.4, 0.5) is 0 Å². The van der Waals surface area contributed by atoms with Crippen LogP contribution in [-0.2, 0) is 6.54 Å². The minimum Gasteiger partial charge on any atom is -0.496 e. The van der Waals surface area contributed by atoms with Crippen molar-refractivity contribution in [3.8, 4) is 5.75 Å². The molecule has 0 spiro atoms. The lowest BCUT2D eigenvalue weighted by atomic mass is 9.86. The molecule has 0 aliphatic rings. The van der Waals surface area contributed by atoms with Gasteiger partial charge in [-0.3, -0.25) is 0 Å². The van der Waals surface area contributed by atoms with E-state index in [1.165, 1.54) is 0 Å². The number of rotatable bonds is 5. The average molecular weight is 316 g/mol. The van der Waals surface area contributed by atoms with Gasteiger partial charge in [0.2, 0.25) is 0 Å². The third-order valence-corrected chi connectivity index (χ3v) is 3.99. The predicted octanol–water partition coefficient (Wildman–Crippen LogP) is 3.10. The fraction of sp³-hybridized carbons (Fsp3) is 0.571. The average Bonchev–Trinajstić information content (AvgIpc) is 2.25. The highest BCUT2D eigenvalue weighted by molar-refractivity contribution is 9.10. The number of halogens is 1. The molecule has 0 fully saturated rings. The maximum Gasteiger partial charge on any atom is 0.123 e. The van der Waals surface area contributed by atoms with Crippen LogP contribution in [0.2, 0.25) is 0 Å². The summed E-state index contributed by atoms with van der Waals surface area (Å²) in [5, 5.41) is 13.5. The van der Waals surface area contributed by atoms with Crippen LogP contribution < -0.4 is 10.1 Å². The Kier molecular flexibility index (Phi) is 4.81. The largest absolute Gasteiger partial charge is 0.496 e. The molecule has 0 aliphatic heterocycles. The molecule has 2 N–H and O–H groups in total. The molecular formula is C14H22BrNO2. The summed E-state index contributed by atoms with van der Waals surface area (Å²) in [6, 6.07) is 5.90. The number of ether oxygens (including phenoxy) is 1. The molecule has 0 radical (unpaired) electrons. The van der Waals surface area contributed by atoms with Crippen molar-refractivity contribution in [3.05, 3.63) is 28.2 Å². The van der Waals surface area contributed by atoms with E-state index in [-0.39, 0.29) is 5.54 Å². The molecule has 1 aromatic rings. The lowest BCUT2D eigenvalue weighted by Crippen LogP contribution is -2.55. The second-order valence-corrected chi connectivity index (χ2v) is 6.41. The van der Waals surface area contributed by atoms with Crippen molar-refractivity contribution in [1.29, 1.82) is 0 Å². The standard InChI is InChI=1S/C14H22BrNO2/c1-13(2,14(3,4)17)16-9-10-8-11(15)6-7-12(10)18-5/h6-8,16-17H,9H2,1-5H3. The molecule has 0 bridgehead atoms. The maximum absolute atomic E-state index is 10.1. The van der Waals surface area contributed by atoms with Crippen LogP contribution in [0.5, 0.6) is 5.75 Å². The summed E-state index contributed by atoms with van der Waals surface area (Å²) in [7, 11) is 1.66. The Bertz CT molecular complexity index is 411. The first kappa shape index (κ1) is 15.5. The van der Waals surface area contributed by atoms with Gasteiger partial charge in [0.1, 0.15) is 5.75 Å². The highest BCUT2D eigenvalue weighted by Crippen LogP contribution is 2.25. The Morgan fingerprint density at radius 1 is 1.28 bits per heavy atom. The molecule has 0 aliphatic carbocycles. The molecule has 0 unspecified atom stereocenters. The van der Waals surface area contributed by atoms with Crippen molar-refractivity contribution in [2.45, 2.75) is 45.4 Å². The number of methoxy groups -OCH3 is 1. The topological polar surface area (TPSA) is 41.5 Å². The van der Waals surface area contributed by atoms with Crippen LogP contribution in [0.1, 0.15) is 33.3 Å². The fourth-order valence-corrected chi connectivity index (χ4v) is 1.83. The first-order chi connectivity index (χ1) is 8.17. The normalized spacial score (nSPS) is 12.6. The minimum atomic E-state index is -0.799. The third-order valence-electron chi connectivity index (χ3n) is 3.49. The molecule has 1 aromatic carbocycles. The van der Waals surface area contributed by atoms with E-state index in [0.29, 0.717) is 6.54 Å². The molecule has 0 atom stereocenters. The molecular weight excluding hydrogens is 294 g/mol. The van der Waals surface area contributed by atoms with E-state index in [1.807, 2.05) is 32.0 Å². The first-order valence-electron chi connectivity index (χ1n) is 5.97. The van der Waals surface area contributed by atoms with Crippen LogP contribution in [-0.4, -0.2) is 23.4 Å². The van der Waals surface area contributed by atoms with Crippen molar-refractivity contribution in [1.82, 2.24) is 5.32 Å². The summed E-state index contributed by atoms with van der Waals surface area (Å²) >= 11 is 3.45. The van der Waals surface area contributed by atoms with Crippen molar-refractivity contribution in [2.24, 2.45) is 0 Å². The van der Waals surface area contributed by atoms with Crippen molar-refractivity contribution < 1.29 is 9.84 Å². The third kappa shape index (κ3) is 3.70. The lowest BCUT2D eigenvalue weighted by Gasteiger charge is -2.38. The molecule has 0 heterocycles. The van der Waals surface area contributed by atoms with Gasteiger partial charge in [-0.25, -0.2) is 0 Å². The van der Waals surface area contributed by atoms with Crippen LogP contribution in [0, 0.1) is 0 Å². The molecule has 0 saturated heterocycles. The molecule has 102 valence electrons. The van der Waals surface area contributed by atoms with E-state index in [4.69, 9.17) is 4.74 Å². The molecule has 4 heteroatoms. The van der Waals surface area contributed by atoms with Gasteiger partial charge in [0, 0.05) is 22.1 Å². The predicted molar refractivity (Wildman–Crippen MR) is 77.9 cm³/mol. The summed E-state index contributed by atoms with van der Waals surface area (Å²) in [4.78, 5) is 0. The second kappa shape index (κ2) is 5.59. The zero-order chi connectivity index (χ0) is 14.0. The smallest absolute Gasteiger partial charge is 0.123 e. The van der Waals surface area contributed by atoms with Crippen molar-refractivity contribution >= 4 is 15.9 Å². The van der Waals surface area contributed by atoms with Crippen LogP contribution >= 0.6 is 15.9 Å². The van der Waals surface area contributed by atoms with Gasteiger partial charge in [0.25, 0.3) is 0 Å². The number of hydrogen-bond donors (Lipinski definition) is 2. The summed E-state index contributed by atoms with van der Waals surface area (Å²) in [6.45, 7) is 8.21. The van der Waals surface area contributed by atoms with Crippen molar-refractivity contribution in [3.63, 3.8) is 0 Å². The number of benzene rings is 1. The zero-order valence-corrected chi connectivity index (χ0v) is 13.3. The van der Waals surface area contributed by atoms with Gasteiger partial charge in [0.05, 0.1) is 12.7 Å². The summed E-state index contributed by atoms with van der Waals surface area (Å²) in [5.41, 5.74) is -0.128. The Balaban J connectivity index is 2.83. The number of hydrogen-bond acceptors (Lipinski definition) is 3. The van der Waals surface area contributed by atoms with Gasteiger partial charge in [0.15, 0.2) is 0 Å². The monoisotopic (exact) mass is 315 g/mol. The molecule has 18 heavy (non-hydrogen) atoms. The number of aliphatic hydroxyl groups is 1. The maximum atomic E-state index is 10.1. The summed E-state index contributed by atoms with van der Waals surface area (Å²) in [5.74, 6) is 0.845. The van der Waals surface area contributed by atoms with E-state index in [0.717, 1.165) is 15.8 Å². The van der Waals surface area contributed by atoms with Gasteiger partial charge >= 0.3 is 0 Å². The Hall–Kier alpha value is -0.580.